The summed E-state index contributed by atoms with van der Waals surface area (Å²) in [6, 6.07) is 22.4. The van der Waals surface area contributed by atoms with Crippen LogP contribution in [0.3, 0.4) is 0 Å². The minimum Gasteiger partial charge on any atom is -0.488 e. The Labute approximate surface area is 205 Å². The van der Waals surface area contributed by atoms with Gasteiger partial charge in [0.25, 0.3) is 0 Å². The number of rotatable bonds is 4. The highest BCUT2D eigenvalue weighted by atomic mass is 16.5. The third-order valence-electron chi connectivity index (χ3n) is 6.72. The van der Waals surface area contributed by atoms with Crippen LogP contribution in [-0.4, -0.2) is 17.0 Å². The topological polar surface area (TPSA) is 31.2 Å². The van der Waals surface area contributed by atoms with Crippen molar-refractivity contribution in [3.8, 4) is 17.6 Å². The molecule has 0 saturated carbocycles. The highest BCUT2D eigenvalue weighted by Crippen LogP contribution is 2.33. The van der Waals surface area contributed by atoms with Gasteiger partial charge in [-0.25, -0.2) is 0 Å². The summed E-state index contributed by atoms with van der Waals surface area (Å²) in [5.74, 6) is 6.23. The maximum Gasteiger partial charge on any atom is 0.240 e. The van der Waals surface area contributed by atoms with E-state index >= 15 is 0 Å². The predicted molar refractivity (Wildman–Crippen MR) is 142 cm³/mol. The number of fused-ring (bicyclic) bond motifs is 4. The Morgan fingerprint density at radius 1 is 0.971 bits per heavy atom. The van der Waals surface area contributed by atoms with Crippen molar-refractivity contribution in [1.82, 2.24) is 4.57 Å². The van der Waals surface area contributed by atoms with E-state index in [0.29, 0.717) is 17.9 Å². The number of ether oxygens (including phenoxy) is 1. The van der Waals surface area contributed by atoms with Crippen LogP contribution >= 0.6 is 0 Å². The molecule has 0 fully saturated rings. The summed E-state index contributed by atoms with van der Waals surface area (Å²) in [4.78, 5) is 13.1. The molecule has 0 amide bonds. The number of allylic oxidation sites excluding steroid dienone is 1. The molecule has 3 heteroatoms. The number of carbonyl (C=O) groups excluding carboxylic acids is 1. The third kappa shape index (κ3) is 4.09. The number of hydrogen-bond acceptors (Lipinski definition) is 2. The van der Waals surface area contributed by atoms with Gasteiger partial charge in [0.1, 0.15) is 12.4 Å². The van der Waals surface area contributed by atoms with Crippen LogP contribution in [0.4, 0.5) is 0 Å². The molecule has 0 N–H and O–H groups in total. The molecule has 4 aromatic rings. The Kier molecular flexibility index (Phi) is 5.56. The smallest absolute Gasteiger partial charge is 0.240 e. The lowest BCUT2D eigenvalue weighted by Gasteiger charge is -2.18. The van der Waals surface area contributed by atoms with Crippen molar-refractivity contribution >= 4 is 28.8 Å². The van der Waals surface area contributed by atoms with Crippen molar-refractivity contribution in [1.29, 1.82) is 0 Å². The van der Waals surface area contributed by atoms with Gasteiger partial charge >= 0.3 is 0 Å². The molecule has 6 rings (SSSR count). The fourth-order valence-electron chi connectivity index (χ4n) is 5.09. The molecule has 1 aliphatic carbocycles. The molecular weight excluding hydrogens is 430 g/mol. The number of aryl methyl sites for hydroxylation is 3. The van der Waals surface area contributed by atoms with Crippen LogP contribution in [0.1, 0.15) is 44.7 Å². The van der Waals surface area contributed by atoms with Gasteiger partial charge in [-0.3, -0.25) is 4.79 Å². The largest absolute Gasteiger partial charge is 0.488 e. The SMILES string of the molecule is O=C(C#Cc1ccccc1)c1cc(CCn2c3c(c4ccccc42)CCC=C3)cc2c1OCC=C2. The fourth-order valence-corrected chi connectivity index (χ4v) is 5.09. The minimum absolute atomic E-state index is 0.214. The average Bonchev–Trinajstić information content (AvgIpc) is 3.24. The quantitative estimate of drug-likeness (QED) is 0.260. The highest BCUT2D eigenvalue weighted by Gasteiger charge is 2.20. The molecular formula is C32H25NO2. The van der Waals surface area contributed by atoms with Gasteiger partial charge in [-0.2, -0.15) is 0 Å². The second-order valence-corrected chi connectivity index (χ2v) is 8.94. The first-order valence-electron chi connectivity index (χ1n) is 12.1. The number of Topliss-reactive ketones (excluding diaryl/α,β-unsaturated/α-hetero) is 1. The first-order valence-corrected chi connectivity index (χ1v) is 12.1. The molecule has 3 nitrogen and oxygen atoms in total. The van der Waals surface area contributed by atoms with Gasteiger partial charge in [0.15, 0.2) is 0 Å². The molecule has 0 saturated heterocycles. The van der Waals surface area contributed by atoms with Crippen molar-refractivity contribution in [2.75, 3.05) is 6.61 Å². The van der Waals surface area contributed by atoms with E-state index in [2.05, 4.69) is 58.9 Å². The third-order valence-corrected chi connectivity index (χ3v) is 6.72. The van der Waals surface area contributed by atoms with Crippen LogP contribution in [-0.2, 0) is 19.4 Å². The summed E-state index contributed by atoms with van der Waals surface area (Å²) >= 11 is 0. The van der Waals surface area contributed by atoms with Crippen LogP contribution in [0.5, 0.6) is 5.75 Å². The second kappa shape index (κ2) is 9.16. The molecule has 1 aromatic heterocycles. The number of aromatic nitrogens is 1. The molecule has 0 atom stereocenters. The van der Waals surface area contributed by atoms with E-state index < -0.39 is 0 Å². The number of nitrogens with zero attached hydrogens (tertiary/aromatic N) is 1. The van der Waals surface area contributed by atoms with E-state index in [1.54, 1.807) is 0 Å². The second-order valence-electron chi connectivity index (χ2n) is 8.94. The Morgan fingerprint density at radius 3 is 2.74 bits per heavy atom. The zero-order chi connectivity index (χ0) is 23.6. The molecule has 1 aliphatic heterocycles. The summed E-state index contributed by atoms with van der Waals surface area (Å²) in [6.07, 6.45) is 11.5. The van der Waals surface area contributed by atoms with E-state index in [1.807, 2.05) is 48.6 Å². The number of carbonyl (C=O) groups is 1. The molecule has 0 spiro atoms. The lowest BCUT2D eigenvalue weighted by atomic mass is 9.97. The molecule has 35 heavy (non-hydrogen) atoms. The number of benzene rings is 3. The van der Waals surface area contributed by atoms with Gasteiger partial charge in [-0.1, -0.05) is 54.5 Å². The molecule has 0 bridgehead atoms. The summed E-state index contributed by atoms with van der Waals surface area (Å²) in [6.45, 7) is 1.30. The van der Waals surface area contributed by atoms with Crippen molar-refractivity contribution in [2.24, 2.45) is 0 Å². The van der Waals surface area contributed by atoms with Crippen molar-refractivity contribution in [3.63, 3.8) is 0 Å². The van der Waals surface area contributed by atoms with Crippen LogP contribution in [0.25, 0.3) is 23.1 Å². The molecule has 2 aliphatic rings. The van der Waals surface area contributed by atoms with Crippen molar-refractivity contribution < 1.29 is 9.53 Å². The Morgan fingerprint density at radius 2 is 1.83 bits per heavy atom. The zero-order valence-corrected chi connectivity index (χ0v) is 19.5. The maximum absolute atomic E-state index is 13.1. The number of para-hydroxylation sites is 1. The minimum atomic E-state index is -0.214. The van der Waals surface area contributed by atoms with E-state index in [9.17, 15) is 4.79 Å². The highest BCUT2D eigenvalue weighted by molar-refractivity contribution is 6.11. The first kappa shape index (κ1) is 21.3. The van der Waals surface area contributed by atoms with E-state index in [1.165, 1.54) is 22.2 Å². The lowest BCUT2D eigenvalue weighted by Crippen LogP contribution is -2.10. The zero-order valence-electron chi connectivity index (χ0n) is 19.5. The normalized spacial score (nSPS) is 13.5. The average molecular weight is 456 g/mol. The number of hydrogen-bond donors (Lipinski definition) is 0. The van der Waals surface area contributed by atoms with Gasteiger partial charge in [0.05, 0.1) is 5.56 Å². The summed E-state index contributed by atoms with van der Waals surface area (Å²) in [5.41, 5.74) is 7.44. The monoisotopic (exact) mass is 455 g/mol. The van der Waals surface area contributed by atoms with Gasteiger partial charge in [-0.15, -0.1) is 0 Å². The summed E-state index contributed by atoms with van der Waals surface area (Å²) in [5, 5.41) is 1.35. The molecule has 2 heterocycles. The van der Waals surface area contributed by atoms with E-state index in [-0.39, 0.29) is 5.78 Å². The van der Waals surface area contributed by atoms with Crippen molar-refractivity contribution in [2.45, 2.75) is 25.8 Å². The fraction of sp³-hybridized carbons (Fsp3) is 0.156. The van der Waals surface area contributed by atoms with Crippen LogP contribution in [0, 0.1) is 11.8 Å². The predicted octanol–water partition coefficient (Wildman–Crippen LogP) is 6.48. The van der Waals surface area contributed by atoms with Gasteiger partial charge < -0.3 is 9.30 Å². The van der Waals surface area contributed by atoms with E-state index in [4.69, 9.17) is 4.74 Å². The summed E-state index contributed by atoms with van der Waals surface area (Å²) < 4.78 is 8.29. The van der Waals surface area contributed by atoms with Gasteiger partial charge in [0, 0.05) is 34.3 Å². The summed E-state index contributed by atoms with van der Waals surface area (Å²) in [7, 11) is 0. The molecule has 0 radical (unpaired) electrons. The Bertz CT molecular complexity index is 1560. The Hall–Kier alpha value is -4.29. The lowest BCUT2D eigenvalue weighted by molar-refractivity contribution is 0.105. The van der Waals surface area contributed by atoms with E-state index in [0.717, 1.165) is 42.5 Å². The van der Waals surface area contributed by atoms with Crippen LogP contribution in [0.2, 0.25) is 0 Å². The molecule has 170 valence electrons. The molecule has 0 unspecified atom stereocenters. The maximum atomic E-state index is 13.1. The standard InChI is InChI=1S/C32H25NO2/c34-31(17-16-23-9-2-1-3-10-23)28-22-24(21-25-11-8-20-35-32(25)28)18-19-33-29-14-6-4-12-26(29)27-13-5-7-15-30(27)33/h1-4,6-12,14-15,21-22H,5,13,18-20H2. The Balaban J connectivity index is 1.34. The van der Waals surface area contributed by atoms with Crippen molar-refractivity contribution in [3.05, 3.63) is 112 Å². The number of ketones is 1. The van der Waals surface area contributed by atoms with Gasteiger partial charge in [0.2, 0.25) is 5.78 Å². The first-order chi connectivity index (χ1) is 17.3. The van der Waals surface area contributed by atoms with Crippen LogP contribution < -0.4 is 4.74 Å². The van der Waals surface area contributed by atoms with Crippen LogP contribution in [0.15, 0.2) is 78.9 Å². The van der Waals surface area contributed by atoms with Gasteiger partial charge in [-0.05, 0) is 78.8 Å². The molecule has 3 aromatic carbocycles.